The highest BCUT2D eigenvalue weighted by Gasteiger charge is 2.27. The van der Waals surface area contributed by atoms with Crippen molar-refractivity contribution in [1.82, 2.24) is 10.2 Å². The number of amides is 1. The summed E-state index contributed by atoms with van der Waals surface area (Å²) in [6, 6.07) is 0.569. The molecule has 0 heterocycles. The van der Waals surface area contributed by atoms with E-state index in [-0.39, 0.29) is 18.6 Å². The summed E-state index contributed by atoms with van der Waals surface area (Å²) in [6.45, 7) is 6.93. The summed E-state index contributed by atoms with van der Waals surface area (Å²) in [4.78, 5) is 14.6. The Labute approximate surface area is 123 Å². The van der Waals surface area contributed by atoms with Crippen LogP contribution in [0.3, 0.4) is 0 Å². The van der Waals surface area contributed by atoms with E-state index in [0.717, 1.165) is 25.7 Å². The van der Waals surface area contributed by atoms with Crippen LogP contribution < -0.4 is 5.32 Å². The minimum absolute atomic E-state index is 0.109. The maximum atomic E-state index is 12.4. The number of nitrogens with one attached hydrogen (secondary N) is 1. The van der Waals surface area contributed by atoms with E-state index in [1.165, 1.54) is 19.3 Å². The highest BCUT2D eigenvalue weighted by molar-refractivity contribution is 5.81. The lowest BCUT2D eigenvalue weighted by Gasteiger charge is -2.35. The fourth-order valence-corrected chi connectivity index (χ4v) is 3.28. The van der Waals surface area contributed by atoms with Crippen molar-refractivity contribution < 1.29 is 9.90 Å². The van der Waals surface area contributed by atoms with Gasteiger partial charge in [-0.3, -0.25) is 9.69 Å². The van der Waals surface area contributed by atoms with Crippen molar-refractivity contribution in [3.8, 4) is 0 Å². The van der Waals surface area contributed by atoms with Crippen LogP contribution in [0.15, 0.2) is 0 Å². The number of rotatable bonds is 8. The molecule has 0 aromatic rings. The van der Waals surface area contributed by atoms with E-state index < -0.39 is 0 Å². The summed E-state index contributed by atoms with van der Waals surface area (Å²) in [5, 5.41) is 12.5. The molecule has 1 unspecified atom stereocenters. The first kappa shape index (κ1) is 17.4. The second-order valence-electron chi connectivity index (χ2n) is 5.95. The lowest BCUT2D eigenvalue weighted by Crippen LogP contribution is -2.52. The van der Waals surface area contributed by atoms with Crippen LogP contribution >= 0.6 is 0 Å². The maximum absolute atomic E-state index is 12.4. The molecule has 4 heteroatoms. The zero-order valence-electron chi connectivity index (χ0n) is 13.4. The number of hydrogen-bond donors (Lipinski definition) is 2. The molecule has 0 aromatic carbocycles. The molecule has 1 amide bonds. The smallest absolute Gasteiger partial charge is 0.237 e. The Bertz CT molecular complexity index is 274. The molecule has 0 bridgehead atoms. The van der Waals surface area contributed by atoms with Gasteiger partial charge in [-0.1, -0.05) is 33.1 Å². The third kappa shape index (κ3) is 5.06. The van der Waals surface area contributed by atoms with E-state index in [1.54, 1.807) is 0 Å². The summed E-state index contributed by atoms with van der Waals surface area (Å²) in [5.41, 5.74) is 0. The molecule has 0 radical (unpaired) electrons. The molecule has 2 N–H and O–H groups in total. The molecule has 4 nitrogen and oxygen atoms in total. The first-order valence-electron chi connectivity index (χ1n) is 8.30. The summed E-state index contributed by atoms with van der Waals surface area (Å²) in [5.74, 6) is 0.122. The normalized spacial score (nSPS) is 18.5. The molecule has 0 spiro atoms. The Morgan fingerprint density at radius 3 is 2.35 bits per heavy atom. The Balaban J connectivity index is 2.57. The van der Waals surface area contributed by atoms with Crippen LogP contribution in [0.2, 0.25) is 0 Å². The first-order valence-corrected chi connectivity index (χ1v) is 8.30. The summed E-state index contributed by atoms with van der Waals surface area (Å²) < 4.78 is 0. The van der Waals surface area contributed by atoms with Crippen molar-refractivity contribution in [3.63, 3.8) is 0 Å². The molecular weight excluding hydrogens is 252 g/mol. The average molecular weight is 284 g/mol. The third-order valence-electron chi connectivity index (χ3n) is 4.60. The number of nitrogens with zero attached hydrogens (tertiary/aromatic N) is 1. The molecule has 20 heavy (non-hydrogen) atoms. The van der Waals surface area contributed by atoms with E-state index in [0.29, 0.717) is 18.6 Å². The van der Waals surface area contributed by atoms with Gasteiger partial charge in [-0.2, -0.15) is 0 Å². The molecule has 1 rings (SSSR count). The van der Waals surface area contributed by atoms with Gasteiger partial charge in [-0.05, 0) is 32.6 Å². The van der Waals surface area contributed by atoms with Gasteiger partial charge in [0.05, 0.1) is 12.6 Å². The van der Waals surface area contributed by atoms with E-state index >= 15 is 0 Å². The number of carbonyl (C=O) groups is 1. The molecule has 1 aliphatic rings. The van der Waals surface area contributed by atoms with Gasteiger partial charge in [-0.15, -0.1) is 0 Å². The van der Waals surface area contributed by atoms with Crippen molar-refractivity contribution in [2.45, 2.75) is 83.8 Å². The number of hydrogen-bond acceptors (Lipinski definition) is 3. The quantitative estimate of drug-likeness (QED) is 0.719. The highest BCUT2D eigenvalue weighted by Crippen LogP contribution is 2.18. The Morgan fingerprint density at radius 2 is 1.85 bits per heavy atom. The second kappa shape index (κ2) is 9.35. The van der Waals surface area contributed by atoms with Crippen LogP contribution in [0.25, 0.3) is 0 Å². The molecular formula is C16H32N2O2. The first-order chi connectivity index (χ1) is 9.63. The molecule has 0 aromatic heterocycles. The minimum Gasteiger partial charge on any atom is -0.395 e. The van der Waals surface area contributed by atoms with E-state index in [1.807, 2.05) is 6.92 Å². The van der Waals surface area contributed by atoms with Crippen LogP contribution in [0.4, 0.5) is 0 Å². The topological polar surface area (TPSA) is 52.6 Å². The summed E-state index contributed by atoms with van der Waals surface area (Å²) in [7, 11) is 0. The van der Waals surface area contributed by atoms with Gasteiger partial charge in [-0.25, -0.2) is 0 Å². The molecule has 1 saturated carbocycles. The lowest BCUT2D eigenvalue weighted by molar-refractivity contribution is -0.128. The highest BCUT2D eigenvalue weighted by atomic mass is 16.3. The zero-order valence-corrected chi connectivity index (χ0v) is 13.4. The molecule has 0 saturated heterocycles. The largest absolute Gasteiger partial charge is 0.395 e. The second-order valence-corrected chi connectivity index (χ2v) is 5.95. The summed E-state index contributed by atoms with van der Waals surface area (Å²) >= 11 is 0. The van der Waals surface area contributed by atoms with Crippen LogP contribution in [0.1, 0.15) is 65.7 Å². The number of aliphatic hydroxyl groups excluding tert-OH is 1. The van der Waals surface area contributed by atoms with Crippen LogP contribution in [0, 0.1) is 0 Å². The SMILES string of the molecule is CCC(CC)N(CCO)C(C)C(=O)NC1CCCCC1. The average Bonchev–Trinajstić information content (AvgIpc) is 2.47. The van der Waals surface area contributed by atoms with Gasteiger partial charge in [0.2, 0.25) is 5.91 Å². The number of aliphatic hydroxyl groups is 1. The van der Waals surface area contributed by atoms with Gasteiger partial charge in [0.1, 0.15) is 0 Å². The van der Waals surface area contributed by atoms with Gasteiger partial charge in [0, 0.05) is 18.6 Å². The Hall–Kier alpha value is -0.610. The summed E-state index contributed by atoms with van der Waals surface area (Å²) in [6.07, 6.45) is 8.01. The molecule has 1 fully saturated rings. The van der Waals surface area contributed by atoms with E-state index in [4.69, 9.17) is 0 Å². The standard InChI is InChI=1S/C16H32N2O2/c1-4-15(5-2)18(11-12-19)13(3)16(20)17-14-9-7-6-8-10-14/h13-15,19H,4-12H2,1-3H3,(H,17,20). The fourth-order valence-electron chi connectivity index (χ4n) is 3.28. The van der Waals surface area contributed by atoms with Gasteiger partial charge in [0.15, 0.2) is 0 Å². The predicted octanol–water partition coefficient (Wildman–Crippen LogP) is 2.31. The zero-order chi connectivity index (χ0) is 15.0. The van der Waals surface area contributed by atoms with Gasteiger partial charge in [0.25, 0.3) is 0 Å². The maximum Gasteiger partial charge on any atom is 0.237 e. The minimum atomic E-state index is -0.158. The fraction of sp³-hybridized carbons (Fsp3) is 0.938. The Morgan fingerprint density at radius 1 is 1.25 bits per heavy atom. The van der Waals surface area contributed by atoms with Crippen molar-refractivity contribution in [2.75, 3.05) is 13.2 Å². The molecule has 118 valence electrons. The number of carbonyl (C=O) groups excluding carboxylic acids is 1. The predicted molar refractivity (Wildman–Crippen MR) is 82.6 cm³/mol. The van der Waals surface area contributed by atoms with E-state index in [9.17, 15) is 9.90 Å². The van der Waals surface area contributed by atoms with Crippen molar-refractivity contribution in [2.24, 2.45) is 0 Å². The van der Waals surface area contributed by atoms with Crippen molar-refractivity contribution >= 4 is 5.91 Å². The van der Waals surface area contributed by atoms with E-state index in [2.05, 4.69) is 24.1 Å². The molecule has 1 atom stereocenters. The van der Waals surface area contributed by atoms with Gasteiger partial charge >= 0.3 is 0 Å². The Kier molecular flexibility index (Phi) is 8.15. The van der Waals surface area contributed by atoms with Gasteiger partial charge < -0.3 is 10.4 Å². The molecule has 1 aliphatic carbocycles. The van der Waals surface area contributed by atoms with Crippen molar-refractivity contribution in [1.29, 1.82) is 0 Å². The third-order valence-corrected chi connectivity index (χ3v) is 4.60. The van der Waals surface area contributed by atoms with Crippen LogP contribution in [-0.4, -0.2) is 47.2 Å². The monoisotopic (exact) mass is 284 g/mol. The lowest BCUT2D eigenvalue weighted by atomic mass is 9.95. The van der Waals surface area contributed by atoms with Crippen LogP contribution in [0.5, 0.6) is 0 Å². The molecule has 0 aliphatic heterocycles. The van der Waals surface area contributed by atoms with Crippen LogP contribution in [-0.2, 0) is 4.79 Å². The van der Waals surface area contributed by atoms with Crippen molar-refractivity contribution in [3.05, 3.63) is 0 Å².